The Balaban J connectivity index is 3.62. The highest BCUT2D eigenvalue weighted by Crippen LogP contribution is 2.25. The van der Waals surface area contributed by atoms with Gasteiger partial charge in [-0.05, 0) is 19.3 Å². The summed E-state index contributed by atoms with van der Waals surface area (Å²) in [5, 5.41) is 0. The highest BCUT2D eigenvalue weighted by molar-refractivity contribution is 4.83. The molecule has 1 heteroatoms. The molecule has 0 fully saturated rings. The highest BCUT2D eigenvalue weighted by atomic mass is 14.7. The SMILES string of the molecule is CCCCCCCCCCCC(N)(CCCC)CCCC. The van der Waals surface area contributed by atoms with Crippen LogP contribution in [0.3, 0.4) is 0 Å². The first-order valence-corrected chi connectivity index (χ1v) is 9.97. The molecular formula is C20H43N. The number of unbranched alkanes of at least 4 members (excludes halogenated alkanes) is 10. The summed E-state index contributed by atoms with van der Waals surface area (Å²) in [5.74, 6) is 0. The molecule has 1 nitrogen and oxygen atoms in total. The first kappa shape index (κ1) is 21.0. The third kappa shape index (κ3) is 13.4. The molecule has 0 heterocycles. The van der Waals surface area contributed by atoms with E-state index in [1.165, 1.54) is 103 Å². The van der Waals surface area contributed by atoms with E-state index in [1.54, 1.807) is 0 Å². The second-order valence-electron chi connectivity index (χ2n) is 7.15. The van der Waals surface area contributed by atoms with Gasteiger partial charge in [-0.25, -0.2) is 0 Å². The Kier molecular flexibility index (Phi) is 14.9. The molecule has 128 valence electrons. The van der Waals surface area contributed by atoms with Crippen LogP contribution in [0.1, 0.15) is 124 Å². The van der Waals surface area contributed by atoms with Crippen LogP contribution in [0.4, 0.5) is 0 Å². The van der Waals surface area contributed by atoms with Crippen LogP contribution >= 0.6 is 0 Å². The minimum absolute atomic E-state index is 0.146. The molecule has 0 amide bonds. The summed E-state index contributed by atoms with van der Waals surface area (Å²) in [4.78, 5) is 0. The van der Waals surface area contributed by atoms with Gasteiger partial charge in [0.1, 0.15) is 0 Å². The maximum absolute atomic E-state index is 6.67. The van der Waals surface area contributed by atoms with Crippen molar-refractivity contribution >= 4 is 0 Å². The van der Waals surface area contributed by atoms with E-state index in [9.17, 15) is 0 Å². The quantitative estimate of drug-likeness (QED) is 0.305. The van der Waals surface area contributed by atoms with Gasteiger partial charge in [-0.3, -0.25) is 0 Å². The fraction of sp³-hybridized carbons (Fsp3) is 1.00. The number of hydrogen-bond acceptors (Lipinski definition) is 1. The Morgan fingerprint density at radius 2 is 0.810 bits per heavy atom. The van der Waals surface area contributed by atoms with Crippen molar-refractivity contribution in [2.45, 2.75) is 129 Å². The van der Waals surface area contributed by atoms with Crippen LogP contribution in [0.25, 0.3) is 0 Å². The third-order valence-electron chi connectivity index (χ3n) is 4.83. The Hall–Kier alpha value is -0.0400. The minimum Gasteiger partial charge on any atom is -0.325 e. The van der Waals surface area contributed by atoms with E-state index in [-0.39, 0.29) is 5.54 Å². The highest BCUT2D eigenvalue weighted by Gasteiger charge is 2.22. The van der Waals surface area contributed by atoms with Crippen molar-refractivity contribution in [2.24, 2.45) is 5.73 Å². The van der Waals surface area contributed by atoms with Gasteiger partial charge in [-0.15, -0.1) is 0 Å². The maximum atomic E-state index is 6.67. The van der Waals surface area contributed by atoms with Gasteiger partial charge in [0.15, 0.2) is 0 Å². The molecule has 0 aliphatic rings. The van der Waals surface area contributed by atoms with E-state index in [1.807, 2.05) is 0 Å². The van der Waals surface area contributed by atoms with Crippen LogP contribution in [0, 0.1) is 0 Å². The van der Waals surface area contributed by atoms with E-state index < -0.39 is 0 Å². The number of rotatable bonds is 16. The summed E-state index contributed by atoms with van der Waals surface area (Å²) in [7, 11) is 0. The standard InChI is InChI=1S/C20H43N/c1-4-7-10-11-12-13-14-15-16-19-20(21,17-8-5-2)18-9-6-3/h4-19,21H2,1-3H3. The molecule has 0 unspecified atom stereocenters. The molecular weight excluding hydrogens is 254 g/mol. The normalized spacial score (nSPS) is 12.0. The van der Waals surface area contributed by atoms with E-state index in [2.05, 4.69) is 20.8 Å². The van der Waals surface area contributed by atoms with E-state index in [0.717, 1.165) is 0 Å². The van der Waals surface area contributed by atoms with E-state index in [4.69, 9.17) is 5.73 Å². The van der Waals surface area contributed by atoms with Gasteiger partial charge in [0.2, 0.25) is 0 Å². The van der Waals surface area contributed by atoms with Crippen molar-refractivity contribution in [3.05, 3.63) is 0 Å². The molecule has 21 heavy (non-hydrogen) atoms. The van der Waals surface area contributed by atoms with Gasteiger partial charge in [0.25, 0.3) is 0 Å². The lowest BCUT2D eigenvalue weighted by Crippen LogP contribution is -2.39. The van der Waals surface area contributed by atoms with Crippen molar-refractivity contribution < 1.29 is 0 Å². The molecule has 0 bridgehead atoms. The van der Waals surface area contributed by atoms with Crippen LogP contribution < -0.4 is 5.73 Å². The van der Waals surface area contributed by atoms with Crippen LogP contribution in [0.15, 0.2) is 0 Å². The van der Waals surface area contributed by atoms with Gasteiger partial charge < -0.3 is 5.73 Å². The van der Waals surface area contributed by atoms with Crippen molar-refractivity contribution in [2.75, 3.05) is 0 Å². The van der Waals surface area contributed by atoms with Crippen LogP contribution in [0.2, 0.25) is 0 Å². The molecule has 0 aromatic heterocycles. The fourth-order valence-corrected chi connectivity index (χ4v) is 3.22. The molecule has 0 atom stereocenters. The summed E-state index contributed by atoms with van der Waals surface area (Å²) in [5.41, 5.74) is 6.81. The minimum atomic E-state index is 0.146. The zero-order valence-electron chi connectivity index (χ0n) is 15.4. The summed E-state index contributed by atoms with van der Waals surface area (Å²) >= 11 is 0. The predicted octanol–water partition coefficient (Wildman–Crippen LogP) is 6.99. The Labute approximate surface area is 135 Å². The molecule has 0 radical (unpaired) electrons. The first-order chi connectivity index (χ1) is 10.2. The van der Waals surface area contributed by atoms with Crippen molar-refractivity contribution in [1.82, 2.24) is 0 Å². The average Bonchev–Trinajstić information content (AvgIpc) is 2.49. The van der Waals surface area contributed by atoms with Crippen molar-refractivity contribution in [3.63, 3.8) is 0 Å². The summed E-state index contributed by atoms with van der Waals surface area (Å²) in [6, 6.07) is 0. The lowest BCUT2D eigenvalue weighted by Gasteiger charge is -2.30. The molecule has 0 aromatic rings. The van der Waals surface area contributed by atoms with Crippen molar-refractivity contribution in [3.8, 4) is 0 Å². The molecule has 0 saturated carbocycles. The average molecular weight is 298 g/mol. The van der Waals surface area contributed by atoms with E-state index in [0.29, 0.717) is 0 Å². The second-order valence-corrected chi connectivity index (χ2v) is 7.15. The molecule has 2 N–H and O–H groups in total. The lowest BCUT2D eigenvalue weighted by molar-refractivity contribution is 0.309. The van der Waals surface area contributed by atoms with Crippen LogP contribution in [-0.2, 0) is 0 Å². The largest absolute Gasteiger partial charge is 0.325 e. The van der Waals surface area contributed by atoms with Gasteiger partial charge >= 0.3 is 0 Å². The number of hydrogen-bond donors (Lipinski definition) is 1. The Bertz CT molecular complexity index is 192. The number of nitrogens with two attached hydrogens (primary N) is 1. The predicted molar refractivity (Wildman–Crippen MR) is 97.8 cm³/mol. The summed E-state index contributed by atoms with van der Waals surface area (Å²) < 4.78 is 0. The van der Waals surface area contributed by atoms with Crippen LogP contribution in [-0.4, -0.2) is 5.54 Å². The van der Waals surface area contributed by atoms with Gasteiger partial charge in [0, 0.05) is 5.54 Å². The maximum Gasteiger partial charge on any atom is 0.0154 e. The molecule has 0 spiro atoms. The monoisotopic (exact) mass is 297 g/mol. The van der Waals surface area contributed by atoms with E-state index >= 15 is 0 Å². The van der Waals surface area contributed by atoms with Crippen LogP contribution in [0.5, 0.6) is 0 Å². The summed E-state index contributed by atoms with van der Waals surface area (Å²) in [6.07, 6.45) is 21.6. The fourth-order valence-electron chi connectivity index (χ4n) is 3.22. The lowest BCUT2D eigenvalue weighted by atomic mass is 9.83. The molecule has 0 saturated heterocycles. The molecule has 0 aliphatic carbocycles. The Morgan fingerprint density at radius 1 is 0.476 bits per heavy atom. The van der Waals surface area contributed by atoms with Gasteiger partial charge in [-0.1, -0.05) is 104 Å². The molecule has 0 aliphatic heterocycles. The topological polar surface area (TPSA) is 26.0 Å². The second kappa shape index (κ2) is 14.9. The zero-order valence-corrected chi connectivity index (χ0v) is 15.4. The third-order valence-corrected chi connectivity index (χ3v) is 4.83. The Morgan fingerprint density at radius 3 is 1.24 bits per heavy atom. The van der Waals surface area contributed by atoms with Gasteiger partial charge in [0.05, 0.1) is 0 Å². The molecule has 0 rings (SSSR count). The smallest absolute Gasteiger partial charge is 0.0154 e. The molecule has 0 aromatic carbocycles. The first-order valence-electron chi connectivity index (χ1n) is 9.97. The van der Waals surface area contributed by atoms with Crippen molar-refractivity contribution in [1.29, 1.82) is 0 Å². The zero-order chi connectivity index (χ0) is 15.8. The van der Waals surface area contributed by atoms with Gasteiger partial charge in [-0.2, -0.15) is 0 Å². The summed E-state index contributed by atoms with van der Waals surface area (Å²) in [6.45, 7) is 6.84.